The van der Waals surface area contributed by atoms with Gasteiger partial charge < -0.3 is 5.32 Å². The van der Waals surface area contributed by atoms with Crippen molar-refractivity contribution in [1.29, 1.82) is 0 Å². The summed E-state index contributed by atoms with van der Waals surface area (Å²) in [5, 5.41) is 14.6. The molecular weight excluding hydrogens is 351 g/mol. The van der Waals surface area contributed by atoms with Gasteiger partial charge in [-0.1, -0.05) is 6.92 Å². The summed E-state index contributed by atoms with van der Waals surface area (Å²) in [5.74, 6) is 0.701. The van der Waals surface area contributed by atoms with Crippen molar-refractivity contribution in [1.82, 2.24) is 19.4 Å². The minimum absolute atomic E-state index is 0.141. The lowest BCUT2D eigenvalue weighted by atomic mass is 9.87. The average Bonchev–Trinajstić information content (AvgIpc) is 3.06. The molecule has 0 saturated heterocycles. The molecule has 1 aliphatic carbocycles. The average molecular weight is 370 g/mol. The molecule has 0 unspecified atom stereocenters. The first kappa shape index (κ1) is 17.3. The van der Waals surface area contributed by atoms with Gasteiger partial charge in [0.25, 0.3) is 0 Å². The van der Waals surface area contributed by atoms with Gasteiger partial charge in [-0.15, -0.1) is 0 Å². The Morgan fingerprint density at radius 1 is 1.22 bits per heavy atom. The van der Waals surface area contributed by atoms with Crippen molar-refractivity contribution in [2.24, 2.45) is 5.92 Å². The first-order valence-electron chi connectivity index (χ1n) is 8.92. The summed E-state index contributed by atoms with van der Waals surface area (Å²) in [6.45, 7) is 2.21. The maximum absolute atomic E-state index is 13.6. The standard InChI is InChI=1S/C18H19FN6O2/c1-11-2-5-13(6-3-11)22-18-15(25(26)27)9-21-17(23-18)14-8-20-16-7-4-12(19)10-24(14)16/h4,7-11,13H,2-3,5-6H2,1H3,(H,21,22,23). The van der Waals surface area contributed by atoms with Gasteiger partial charge in [0.2, 0.25) is 5.82 Å². The molecule has 0 aromatic carbocycles. The fourth-order valence-electron chi connectivity index (χ4n) is 3.46. The molecule has 1 fully saturated rings. The van der Waals surface area contributed by atoms with E-state index < -0.39 is 10.7 Å². The number of anilines is 1. The summed E-state index contributed by atoms with van der Waals surface area (Å²) in [4.78, 5) is 23.6. The van der Waals surface area contributed by atoms with Crippen LogP contribution < -0.4 is 5.32 Å². The summed E-state index contributed by atoms with van der Waals surface area (Å²) in [5.41, 5.74) is 0.848. The number of pyridine rings is 1. The van der Waals surface area contributed by atoms with Gasteiger partial charge in [0, 0.05) is 12.2 Å². The summed E-state index contributed by atoms with van der Waals surface area (Å²) in [7, 11) is 0. The number of fused-ring (bicyclic) bond motifs is 1. The number of nitro groups is 1. The van der Waals surface area contributed by atoms with E-state index >= 15 is 0 Å². The van der Waals surface area contributed by atoms with Crippen molar-refractivity contribution in [3.8, 4) is 11.5 Å². The molecule has 1 aliphatic rings. The highest BCUT2D eigenvalue weighted by Gasteiger charge is 2.24. The summed E-state index contributed by atoms with van der Waals surface area (Å²) < 4.78 is 15.1. The molecule has 4 rings (SSSR count). The fourth-order valence-corrected chi connectivity index (χ4v) is 3.46. The molecule has 0 radical (unpaired) electrons. The zero-order chi connectivity index (χ0) is 19.0. The van der Waals surface area contributed by atoms with Gasteiger partial charge in [-0.25, -0.2) is 19.3 Å². The van der Waals surface area contributed by atoms with Crippen molar-refractivity contribution in [3.63, 3.8) is 0 Å². The van der Waals surface area contributed by atoms with E-state index in [1.807, 2.05) is 0 Å². The number of rotatable bonds is 4. The molecule has 1 saturated carbocycles. The Morgan fingerprint density at radius 3 is 2.74 bits per heavy atom. The van der Waals surface area contributed by atoms with E-state index in [9.17, 15) is 14.5 Å². The Balaban J connectivity index is 1.72. The molecule has 8 nitrogen and oxygen atoms in total. The van der Waals surface area contributed by atoms with Crippen LogP contribution in [0.5, 0.6) is 0 Å². The van der Waals surface area contributed by atoms with Crippen LogP contribution in [0.2, 0.25) is 0 Å². The lowest BCUT2D eigenvalue weighted by molar-refractivity contribution is -0.384. The molecule has 0 spiro atoms. The normalized spacial score (nSPS) is 19.9. The van der Waals surface area contributed by atoms with Crippen molar-refractivity contribution >= 4 is 17.2 Å². The molecule has 0 amide bonds. The van der Waals surface area contributed by atoms with Crippen molar-refractivity contribution in [2.75, 3.05) is 5.32 Å². The van der Waals surface area contributed by atoms with Crippen LogP contribution >= 0.6 is 0 Å². The molecule has 27 heavy (non-hydrogen) atoms. The van der Waals surface area contributed by atoms with Crippen LogP contribution in [-0.4, -0.2) is 30.3 Å². The number of nitrogens with zero attached hydrogens (tertiary/aromatic N) is 5. The van der Waals surface area contributed by atoms with E-state index in [4.69, 9.17) is 0 Å². The van der Waals surface area contributed by atoms with Crippen LogP contribution in [0.3, 0.4) is 0 Å². The molecular formula is C18H19FN6O2. The Bertz CT molecular complexity index is 997. The Morgan fingerprint density at radius 2 is 2.00 bits per heavy atom. The van der Waals surface area contributed by atoms with Gasteiger partial charge in [-0.05, 0) is 43.7 Å². The molecule has 0 bridgehead atoms. The summed E-state index contributed by atoms with van der Waals surface area (Å²) >= 11 is 0. The van der Waals surface area contributed by atoms with Gasteiger partial charge in [0.1, 0.15) is 23.4 Å². The van der Waals surface area contributed by atoms with E-state index in [2.05, 4.69) is 27.2 Å². The maximum Gasteiger partial charge on any atom is 0.329 e. The Kier molecular flexibility index (Phi) is 4.43. The molecule has 0 atom stereocenters. The van der Waals surface area contributed by atoms with Crippen LogP contribution in [0.25, 0.3) is 17.2 Å². The summed E-state index contributed by atoms with van der Waals surface area (Å²) in [6.07, 6.45) is 8.05. The Hall–Kier alpha value is -3.10. The third kappa shape index (κ3) is 3.44. The molecule has 3 aromatic rings. The topological polar surface area (TPSA) is 98.2 Å². The van der Waals surface area contributed by atoms with Crippen molar-refractivity contribution < 1.29 is 9.31 Å². The minimum Gasteiger partial charge on any atom is -0.361 e. The first-order chi connectivity index (χ1) is 13.0. The quantitative estimate of drug-likeness (QED) is 0.554. The molecule has 1 N–H and O–H groups in total. The minimum atomic E-state index is -0.494. The van der Waals surface area contributed by atoms with Crippen LogP contribution in [-0.2, 0) is 0 Å². The second-order valence-electron chi connectivity index (χ2n) is 7.00. The lowest BCUT2D eigenvalue weighted by Gasteiger charge is -2.27. The predicted molar refractivity (Wildman–Crippen MR) is 97.9 cm³/mol. The van der Waals surface area contributed by atoms with E-state index in [1.54, 1.807) is 6.07 Å². The Labute approximate surface area is 154 Å². The van der Waals surface area contributed by atoms with E-state index in [0.717, 1.165) is 25.7 Å². The van der Waals surface area contributed by atoms with Gasteiger partial charge >= 0.3 is 5.69 Å². The third-order valence-corrected chi connectivity index (χ3v) is 5.02. The number of hydrogen-bond donors (Lipinski definition) is 1. The van der Waals surface area contributed by atoms with Gasteiger partial charge in [0.15, 0.2) is 5.82 Å². The third-order valence-electron chi connectivity index (χ3n) is 5.02. The van der Waals surface area contributed by atoms with Gasteiger partial charge in [-0.3, -0.25) is 14.5 Å². The van der Waals surface area contributed by atoms with Gasteiger partial charge in [-0.2, -0.15) is 0 Å². The number of aromatic nitrogens is 4. The van der Waals surface area contributed by atoms with E-state index in [-0.39, 0.29) is 23.4 Å². The molecule has 0 aliphatic heterocycles. The second-order valence-corrected chi connectivity index (χ2v) is 7.00. The highest BCUT2D eigenvalue weighted by Crippen LogP contribution is 2.30. The number of halogens is 1. The van der Waals surface area contributed by atoms with Gasteiger partial charge in [0.05, 0.1) is 11.1 Å². The first-order valence-corrected chi connectivity index (χ1v) is 8.92. The molecule has 3 aromatic heterocycles. The van der Waals surface area contributed by atoms with Crippen molar-refractivity contribution in [3.05, 3.63) is 46.7 Å². The fraction of sp³-hybridized carbons (Fsp3) is 0.389. The molecule has 140 valence electrons. The highest BCUT2D eigenvalue weighted by molar-refractivity contribution is 5.63. The lowest BCUT2D eigenvalue weighted by Crippen LogP contribution is -2.26. The molecule has 3 heterocycles. The van der Waals surface area contributed by atoms with E-state index in [0.29, 0.717) is 17.3 Å². The number of imidazole rings is 1. The summed E-state index contributed by atoms with van der Waals surface area (Å²) in [6, 6.07) is 3.01. The van der Waals surface area contributed by atoms with Crippen molar-refractivity contribution in [2.45, 2.75) is 38.6 Å². The van der Waals surface area contributed by atoms with Crippen LogP contribution in [0.15, 0.2) is 30.7 Å². The predicted octanol–water partition coefficient (Wildman–Crippen LogP) is 3.83. The maximum atomic E-state index is 13.6. The highest BCUT2D eigenvalue weighted by atomic mass is 19.1. The largest absolute Gasteiger partial charge is 0.361 e. The number of hydrogen-bond acceptors (Lipinski definition) is 6. The smallest absolute Gasteiger partial charge is 0.329 e. The van der Waals surface area contributed by atoms with E-state index in [1.165, 1.54) is 29.1 Å². The number of nitrogens with one attached hydrogen (secondary N) is 1. The zero-order valence-corrected chi connectivity index (χ0v) is 14.8. The SMILES string of the molecule is CC1CCC(Nc2nc(-c3cnc4ccc(F)cn34)ncc2[N+](=O)[O-])CC1. The monoisotopic (exact) mass is 370 g/mol. The second kappa shape index (κ2) is 6.90. The molecule has 9 heteroatoms. The van der Waals surface area contributed by atoms with Crippen LogP contribution in [0, 0.1) is 21.8 Å². The van der Waals surface area contributed by atoms with Crippen LogP contribution in [0.4, 0.5) is 15.9 Å². The zero-order valence-electron chi connectivity index (χ0n) is 14.8. The van der Waals surface area contributed by atoms with Crippen LogP contribution in [0.1, 0.15) is 32.6 Å².